The summed E-state index contributed by atoms with van der Waals surface area (Å²) < 4.78 is 4.72. The van der Waals surface area contributed by atoms with Crippen LogP contribution in [0.2, 0.25) is 0 Å². The predicted octanol–water partition coefficient (Wildman–Crippen LogP) is 2.46. The van der Waals surface area contributed by atoms with Gasteiger partial charge in [0.15, 0.2) is 0 Å². The van der Waals surface area contributed by atoms with Gasteiger partial charge in [0.25, 0.3) is 0 Å². The van der Waals surface area contributed by atoms with Crippen LogP contribution in [0, 0.1) is 5.41 Å². The van der Waals surface area contributed by atoms with E-state index in [9.17, 15) is 0 Å². The predicted molar refractivity (Wildman–Crippen MR) is 75.4 cm³/mol. The molecule has 1 heterocycles. The summed E-state index contributed by atoms with van der Waals surface area (Å²) in [6.07, 6.45) is 0. The lowest BCUT2D eigenvalue weighted by molar-refractivity contribution is 0.245. The van der Waals surface area contributed by atoms with E-state index in [1.807, 2.05) is 26.0 Å². The Balaban J connectivity index is 0.00000106. The van der Waals surface area contributed by atoms with Crippen LogP contribution in [-0.2, 0) is 0 Å². The van der Waals surface area contributed by atoms with Crippen molar-refractivity contribution in [1.82, 2.24) is 13.9 Å². The highest BCUT2D eigenvalue weighted by molar-refractivity contribution is 7.94. The van der Waals surface area contributed by atoms with Crippen LogP contribution >= 0.6 is 12.1 Å². The zero-order valence-corrected chi connectivity index (χ0v) is 12.8. The summed E-state index contributed by atoms with van der Waals surface area (Å²) in [5, 5.41) is 3.41. The Labute approximate surface area is 106 Å². The molecule has 0 aliphatic carbocycles. The molecule has 1 fully saturated rings. The molecule has 98 valence electrons. The molecule has 0 spiro atoms. The van der Waals surface area contributed by atoms with Crippen molar-refractivity contribution in [2.45, 2.75) is 40.7 Å². The maximum atomic E-state index is 3.41. The molecule has 1 atom stereocenters. The molecule has 1 rings (SSSR count). The molecule has 1 aliphatic heterocycles. The van der Waals surface area contributed by atoms with Crippen LogP contribution in [0.3, 0.4) is 0 Å². The van der Waals surface area contributed by atoms with Crippen LogP contribution in [-0.4, -0.2) is 48.4 Å². The van der Waals surface area contributed by atoms with Gasteiger partial charge in [0, 0.05) is 37.8 Å². The van der Waals surface area contributed by atoms with E-state index in [0.717, 1.165) is 6.54 Å². The molecule has 0 bridgehead atoms. The number of rotatable bonds is 3. The molecule has 16 heavy (non-hydrogen) atoms. The first-order chi connectivity index (χ1) is 7.43. The van der Waals surface area contributed by atoms with Gasteiger partial charge in [-0.15, -0.1) is 0 Å². The SMILES string of the molecule is CC.CNC(CN1CCN(C)S1)C(C)(C)C. The second kappa shape index (κ2) is 7.54. The minimum atomic E-state index is 0.330. The van der Waals surface area contributed by atoms with Crippen molar-refractivity contribution in [2.75, 3.05) is 33.7 Å². The second-order valence-corrected chi connectivity index (χ2v) is 6.33. The maximum Gasteiger partial charge on any atom is 0.0261 e. The fourth-order valence-corrected chi connectivity index (χ4v) is 2.59. The number of hydrogen-bond acceptors (Lipinski definition) is 4. The summed E-state index contributed by atoms with van der Waals surface area (Å²) in [6.45, 7) is 14.3. The van der Waals surface area contributed by atoms with E-state index in [0.29, 0.717) is 11.5 Å². The number of likely N-dealkylation sites (N-methyl/N-ethyl adjacent to an activating group) is 2. The van der Waals surface area contributed by atoms with E-state index < -0.39 is 0 Å². The average molecular weight is 247 g/mol. The van der Waals surface area contributed by atoms with Gasteiger partial charge in [-0.25, -0.2) is 8.61 Å². The molecule has 0 aromatic carbocycles. The Morgan fingerprint density at radius 1 is 1.25 bits per heavy atom. The smallest absolute Gasteiger partial charge is 0.0261 e. The third kappa shape index (κ3) is 5.53. The molecular weight excluding hydrogens is 218 g/mol. The van der Waals surface area contributed by atoms with E-state index >= 15 is 0 Å². The third-order valence-electron chi connectivity index (χ3n) is 2.70. The molecule has 0 aromatic rings. The van der Waals surface area contributed by atoms with Crippen LogP contribution < -0.4 is 5.32 Å². The van der Waals surface area contributed by atoms with Gasteiger partial charge < -0.3 is 5.32 Å². The molecule has 1 N–H and O–H groups in total. The highest BCUT2D eigenvalue weighted by Crippen LogP contribution is 2.26. The summed E-state index contributed by atoms with van der Waals surface area (Å²) in [5.41, 5.74) is 0.330. The summed E-state index contributed by atoms with van der Waals surface area (Å²) in [5.74, 6) is 0. The number of nitrogens with zero attached hydrogens (tertiary/aromatic N) is 2. The van der Waals surface area contributed by atoms with Crippen LogP contribution in [0.25, 0.3) is 0 Å². The monoisotopic (exact) mass is 247 g/mol. The summed E-state index contributed by atoms with van der Waals surface area (Å²) >= 11 is 1.85. The molecule has 0 radical (unpaired) electrons. The zero-order valence-electron chi connectivity index (χ0n) is 12.0. The molecular formula is C12H29N3S. The molecule has 0 saturated carbocycles. The van der Waals surface area contributed by atoms with Crippen LogP contribution in [0.15, 0.2) is 0 Å². The van der Waals surface area contributed by atoms with Gasteiger partial charge in [0.2, 0.25) is 0 Å². The molecule has 1 saturated heterocycles. The first-order valence-corrected chi connectivity index (χ1v) is 6.98. The lowest BCUT2D eigenvalue weighted by Crippen LogP contribution is -2.45. The lowest BCUT2D eigenvalue weighted by atomic mass is 9.87. The van der Waals surface area contributed by atoms with Crippen LogP contribution in [0.1, 0.15) is 34.6 Å². The third-order valence-corrected chi connectivity index (χ3v) is 3.72. The van der Waals surface area contributed by atoms with Crippen molar-refractivity contribution >= 4 is 12.1 Å². The maximum absolute atomic E-state index is 3.41. The minimum absolute atomic E-state index is 0.330. The molecule has 3 nitrogen and oxygen atoms in total. The van der Waals surface area contributed by atoms with Crippen molar-refractivity contribution in [3.05, 3.63) is 0 Å². The molecule has 1 unspecified atom stereocenters. The Morgan fingerprint density at radius 2 is 1.81 bits per heavy atom. The Bertz CT molecular complexity index is 180. The van der Waals surface area contributed by atoms with Crippen LogP contribution in [0.4, 0.5) is 0 Å². The van der Waals surface area contributed by atoms with E-state index in [-0.39, 0.29) is 0 Å². The molecule has 4 heteroatoms. The van der Waals surface area contributed by atoms with Crippen molar-refractivity contribution in [2.24, 2.45) is 5.41 Å². The zero-order chi connectivity index (χ0) is 12.8. The summed E-state index contributed by atoms with van der Waals surface area (Å²) in [6, 6.07) is 0.557. The van der Waals surface area contributed by atoms with Gasteiger partial charge in [-0.3, -0.25) is 0 Å². The standard InChI is InChI=1S/C10H23N3S.C2H6/c1-10(2,3)9(11-4)8-13-7-6-12(5)14-13;1-2/h9,11H,6-8H2,1-5H3;1-2H3. The Kier molecular flexibility index (Phi) is 7.64. The van der Waals surface area contributed by atoms with E-state index in [4.69, 9.17) is 0 Å². The van der Waals surface area contributed by atoms with Crippen LogP contribution in [0.5, 0.6) is 0 Å². The first kappa shape index (κ1) is 16.2. The highest BCUT2D eigenvalue weighted by atomic mass is 32.2. The summed E-state index contributed by atoms with van der Waals surface area (Å²) in [4.78, 5) is 0. The van der Waals surface area contributed by atoms with Gasteiger partial charge in [-0.2, -0.15) is 0 Å². The molecule has 1 aliphatic rings. The van der Waals surface area contributed by atoms with Crippen molar-refractivity contribution in [3.63, 3.8) is 0 Å². The topological polar surface area (TPSA) is 18.5 Å². The highest BCUT2D eigenvalue weighted by Gasteiger charge is 2.28. The summed E-state index contributed by atoms with van der Waals surface area (Å²) in [7, 11) is 4.20. The Morgan fingerprint density at radius 3 is 2.12 bits per heavy atom. The van der Waals surface area contributed by atoms with E-state index in [2.05, 4.69) is 48.8 Å². The molecule has 0 amide bonds. The molecule has 0 aromatic heterocycles. The fraction of sp³-hybridized carbons (Fsp3) is 1.00. The quantitative estimate of drug-likeness (QED) is 0.772. The second-order valence-electron chi connectivity index (χ2n) is 5.03. The van der Waals surface area contributed by atoms with Gasteiger partial charge in [0.1, 0.15) is 0 Å². The Hall–Kier alpha value is 0.230. The lowest BCUT2D eigenvalue weighted by Gasteiger charge is -2.33. The number of nitrogens with one attached hydrogen (secondary N) is 1. The van der Waals surface area contributed by atoms with Gasteiger partial charge >= 0.3 is 0 Å². The number of hydrogen-bond donors (Lipinski definition) is 1. The van der Waals surface area contributed by atoms with Crippen molar-refractivity contribution < 1.29 is 0 Å². The van der Waals surface area contributed by atoms with Crippen molar-refractivity contribution in [3.8, 4) is 0 Å². The largest absolute Gasteiger partial charge is 0.315 e. The normalized spacial score (nSPS) is 20.4. The van der Waals surface area contributed by atoms with Gasteiger partial charge in [0.05, 0.1) is 0 Å². The average Bonchev–Trinajstić information content (AvgIpc) is 2.62. The van der Waals surface area contributed by atoms with Gasteiger partial charge in [-0.1, -0.05) is 34.6 Å². The minimum Gasteiger partial charge on any atom is -0.315 e. The van der Waals surface area contributed by atoms with E-state index in [1.54, 1.807) is 0 Å². The fourth-order valence-electron chi connectivity index (χ4n) is 1.66. The first-order valence-electron chi connectivity index (χ1n) is 6.25. The van der Waals surface area contributed by atoms with E-state index in [1.165, 1.54) is 13.1 Å². The van der Waals surface area contributed by atoms with Gasteiger partial charge in [-0.05, 0) is 19.5 Å². The van der Waals surface area contributed by atoms with Crippen molar-refractivity contribution in [1.29, 1.82) is 0 Å².